The fraction of sp³-hybridized carbons (Fsp3) is 0.529. The molecule has 1 fully saturated rings. The fourth-order valence-corrected chi connectivity index (χ4v) is 3.82. The van der Waals surface area contributed by atoms with Crippen molar-refractivity contribution >= 4 is 32.7 Å². The number of anilines is 1. The van der Waals surface area contributed by atoms with Gasteiger partial charge < -0.3 is 10.2 Å². The molecule has 1 aliphatic heterocycles. The van der Waals surface area contributed by atoms with Crippen LogP contribution < -0.4 is 10.6 Å². The summed E-state index contributed by atoms with van der Waals surface area (Å²) in [5.74, 6) is 0. The molecule has 130 valence electrons. The van der Waals surface area contributed by atoms with Gasteiger partial charge in [0.2, 0.25) is 0 Å². The molecule has 0 saturated carbocycles. The van der Waals surface area contributed by atoms with Crippen molar-refractivity contribution in [2.24, 2.45) is 0 Å². The first-order valence-electron chi connectivity index (χ1n) is 8.52. The van der Waals surface area contributed by atoms with E-state index in [1.54, 1.807) is 0 Å². The Kier molecular flexibility index (Phi) is 5.65. The predicted octanol–water partition coefficient (Wildman–Crippen LogP) is 2.44. The average Bonchev–Trinajstić information content (AvgIpc) is 3.02. The predicted molar refractivity (Wildman–Crippen MR) is 99.8 cm³/mol. The van der Waals surface area contributed by atoms with E-state index in [0.29, 0.717) is 17.7 Å². The largest absolute Gasteiger partial charge is 0.336 e. The molecule has 7 heteroatoms. The lowest BCUT2D eigenvalue weighted by Gasteiger charge is -2.37. The molecular formula is C17H25N5OS. The SMILES string of the molecule is CCN1CCN([C@@H](C)CNC(=O)Nc2nc3ccccc3s2)CC1. The van der Waals surface area contributed by atoms with Gasteiger partial charge >= 0.3 is 6.03 Å². The molecule has 1 aromatic carbocycles. The van der Waals surface area contributed by atoms with Crippen molar-refractivity contribution in [2.75, 3.05) is 44.6 Å². The fourth-order valence-electron chi connectivity index (χ4n) is 2.96. The van der Waals surface area contributed by atoms with Crippen LogP contribution in [-0.2, 0) is 0 Å². The number of carbonyl (C=O) groups is 1. The number of hydrogen-bond donors (Lipinski definition) is 2. The van der Waals surface area contributed by atoms with E-state index in [4.69, 9.17) is 0 Å². The van der Waals surface area contributed by atoms with Crippen molar-refractivity contribution in [3.63, 3.8) is 0 Å². The smallest absolute Gasteiger partial charge is 0.321 e. The molecule has 1 aromatic heterocycles. The van der Waals surface area contributed by atoms with Crippen LogP contribution in [0.5, 0.6) is 0 Å². The van der Waals surface area contributed by atoms with Gasteiger partial charge in [-0.3, -0.25) is 10.2 Å². The topological polar surface area (TPSA) is 60.5 Å². The minimum Gasteiger partial charge on any atom is -0.336 e. The number of likely N-dealkylation sites (N-methyl/N-ethyl adjacent to an activating group) is 1. The first-order chi connectivity index (χ1) is 11.7. The first-order valence-corrected chi connectivity index (χ1v) is 9.34. The molecule has 0 radical (unpaired) electrons. The standard InChI is InChI=1S/C17H25N5OS/c1-3-21-8-10-22(11-9-21)13(2)12-18-16(23)20-17-19-14-6-4-5-7-15(14)24-17/h4-7,13H,3,8-12H2,1-2H3,(H2,18,19,20,23)/t13-/m0/s1. The molecule has 0 spiro atoms. The number of hydrogen-bond acceptors (Lipinski definition) is 5. The van der Waals surface area contributed by atoms with Crippen LogP contribution in [0.1, 0.15) is 13.8 Å². The number of para-hydroxylation sites is 1. The lowest BCUT2D eigenvalue weighted by Crippen LogP contribution is -2.52. The number of benzene rings is 1. The quantitative estimate of drug-likeness (QED) is 0.872. The Balaban J connectivity index is 1.45. The number of aromatic nitrogens is 1. The maximum absolute atomic E-state index is 12.1. The Morgan fingerprint density at radius 2 is 2.04 bits per heavy atom. The summed E-state index contributed by atoms with van der Waals surface area (Å²) in [7, 11) is 0. The van der Waals surface area contributed by atoms with Gasteiger partial charge in [-0.05, 0) is 25.6 Å². The summed E-state index contributed by atoms with van der Waals surface area (Å²) in [6.07, 6.45) is 0. The highest BCUT2D eigenvalue weighted by Crippen LogP contribution is 2.25. The number of fused-ring (bicyclic) bond motifs is 1. The highest BCUT2D eigenvalue weighted by molar-refractivity contribution is 7.22. The molecule has 2 amide bonds. The second-order valence-corrected chi connectivity index (χ2v) is 7.17. The number of amides is 2. The van der Waals surface area contributed by atoms with Crippen molar-refractivity contribution in [1.29, 1.82) is 0 Å². The van der Waals surface area contributed by atoms with Crippen LogP contribution in [-0.4, -0.2) is 66.1 Å². The van der Waals surface area contributed by atoms with Gasteiger partial charge in [-0.1, -0.05) is 30.4 Å². The number of carbonyl (C=O) groups excluding carboxylic acids is 1. The molecule has 0 unspecified atom stereocenters. The number of thiazole rings is 1. The lowest BCUT2D eigenvalue weighted by molar-refractivity contribution is 0.106. The summed E-state index contributed by atoms with van der Waals surface area (Å²) < 4.78 is 1.08. The third-order valence-electron chi connectivity index (χ3n) is 4.55. The Hall–Kier alpha value is -1.70. The zero-order valence-electron chi connectivity index (χ0n) is 14.3. The van der Waals surface area contributed by atoms with Gasteiger partial charge in [0.25, 0.3) is 0 Å². The molecule has 6 nitrogen and oxygen atoms in total. The normalized spacial score (nSPS) is 17.8. The molecule has 1 saturated heterocycles. The molecule has 3 rings (SSSR count). The third-order valence-corrected chi connectivity index (χ3v) is 5.50. The highest BCUT2D eigenvalue weighted by atomic mass is 32.1. The minimum absolute atomic E-state index is 0.187. The van der Waals surface area contributed by atoms with E-state index in [9.17, 15) is 4.79 Å². The molecule has 1 aliphatic rings. The van der Waals surface area contributed by atoms with Crippen LogP contribution in [0.4, 0.5) is 9.93 Å². The summed E-state index contributed by atoms with van der Waals surface area (Å²) in [5, 5.41) is 6.43. The van der Waals surface area contributed by atoms with Gasteiger partial charge in [-0.2, -0.15) is 0 Å². The van der Waals surface area contributed by atoms with E-state index in [-0.39, 0.29) is 6.03 Å². The van der Waals surface area contributed by atoms with Crippen LogP contribution in [0, 0.1) is 0 Å². The maximum Gasteiger partial charge on any atom is 0.321 e. The molecule has 0 bridgehead atoms. The Labute approximate surface area is 146 Å². The van der Waals surface area contributed by atoms with Crippen molar-refractivity contribution < 1.29 is 4.79 Å². The summed E-state index contributed by atoms with van der Waals surface area (Å²) in [4.78, 5) is 21.4. The van der Waals surface area contributed by atoms with Gasteiger partial charge in [0.05, 0.1) is 10.2 Å². The van der Waals surface area contributed by atoms with E-state index < -0.39 is 0 Å². The van der Waals surface area contributed by atoms with Crippen molar-refractivity contribution in [2.45, 2.75) is 19.9 Å². The van der Waals surface area contributed by atoms with Gasteiger partial charge in [-0.15, -0.1) is 0 Å². The van der Waals surface area contributed by atoms with Gasteiger partial charge in [-0.25, -0.2) is 9.78 Å². The van der Waals surface area contributed by atoms with Crippen LogP contribution in [0.15, 0.2) is 24.3 Å². The van der Waals surface area contributed by atoms with Gasteiger partial charge in [0.15, 0.2) is 5.13 Å². The number of nitrogens with one attached hydrogen (secondary N) is 2. The van der Waals surface area contributed by atoms with E-state index in [0.717, 1.165) is 42.9 Å². The monoisotopic (exact) mass is 347 g/mol. The molecule has 1 atom stereocenters. The van der Waals surface area contributed by atoms with Crippen LogP contribution in [0.25, 0.3) is 10.2 Å². The summed E-state index contributed by atoms with van der Waals surface area (Å²) in [5.41, 5.74) is 0.917. The lowest BCUT2D eigenvalue weighted by atomic mass is 10.2. The highest BCUT2D eigenvalue weighted by Gasteiger charge is 2.20. The molecule has 24 heavy (non-hydrogen) atoms. The van der Waals surface area contributed by atoms with Crippen molar-refractivity contribution in [1.82, 2.24) is 20.1 Å². The molecular weight excluding hydrogens is 322 g/mol. The average molecular weight is 347 g/mol. The van der Waals surface area contributed by atoms with Crippen molar-refractivity contribution in [3.8, 4) is 0 Å². The maximum atomic E-state index is 12.1. The van der Waals surface area contributed by atoms with E-state index in [1.165, 1.54) is 11.3 Å². The summed E-state index contributed by atoms with van der Waals surface area (Å²) >= 11 is 1.49. The second-order valence-electron chi connectivity index (χ2n) is 6.14. The number of piperazine rings is 1. The Morgan fingerprint density at radius 3 is 2.75 bits per heavy atom. The van der Waals surface area contributed by atoms with Crippen LogP contribution >= 0.6 is 11.3 Å². The van der Waals surface area contributed by atoms with E-state index in [1.807, 2.05) is 24.3 Å². The molecule has 2 N–H and O–H groups in total. The van der Waals surface area contributed by atoms with Crippen LogP contribution in [0.2, 0.25) is 0 Å². The Morgan fingerprint density at radius 1 is 1.29 bits per heavy atom. The zero-order valence-corrected chi connectivity index (χ0v) is 15.1. The molecule has 2 heterocycles. The third kappa shape index (κ3) is 4.23. The first kappa shape index (κ1) is 17.1. The molecule has 0 aliphatic carbocycles. The zero-order chi connectivity index (χ0) is 16.9. The number of urea groups is 1. The number of rotatable bonds is 5. The van der Waals surface area contributed by atoms with Crippen molar-refractivity contribution in [3.05, 3.63) is 24.3 Å². The number of nitrogens with zero attached hydrogens (tertiary/aromatic N) is 3. The minimum atomic E-state index is -0.187. The van der Waals surface area contributed by atoms with Crippen LogP contribution in [0.3, 0.4) is 0 Å². The summed E-state index contributed by atoms with van der Waals surface area (Å²) in [6.45, 7) is 10.5. The van der Waals surface area contributed by atoms with E-state index in [2.05, 4.69) is 39.3 Å². The Bertz CT molecular complexity index is 647. The van der Waals surface area contributed by atoms with E-state index >= 15 is 0 Å². The molecule has 2 aromatic rings. The second kappa shape index (κ2) is 7.92. The van der Waals surface area contributed by atoms with Gasteiger partial charge in [0.1, 0.15) is 0 Å². The summed E-state index contributed by atoms with van der Waals surface area (Å²) in [6, 6.07) is 8.04. The van der Waals surface area contributed by atoms with Gasteiger partial charge in [0, 0.05) is 38.8 Å².